The van der Waals surface area contributed by atoms with Crippen LogP contribution < -0.4 is 10.1 Å². The van der Waals surface area contributed by atoms with Crippen LogP contribution in [0.1, 0.15) is 5.69 Å². The predicted molar refractivity (Wildman–Crippen MR) is 63.1 cm³/mol. The van der Waals surface area contributed by atoms with Crippen LogP contribution in [0.4, 0.5) is 23.5 Å². The molecule has 0 aliphatic carbocycles. The number of hydrogen-bond acceptors (Lipinski definition) is 4. The molecule has 0 amide bonds. The summed E-state index contributed by atoms with van der Waals surface area (Å²) in [5.41, 5.74) is -1.15. The Morgan fingerprint density at radius 1 is 1.15 bits per heavy atom. The van der Waals surface area contributed by atoms with Crippen LogP contribution >= 0.6 is 0 Å². The molecule has 0 fully saturated rings. The topological polar surface area (TPSA) is 47.0 Å². The van der Waals surface area contributed by atoms with Crippen molar-refractivity contribution >= 4 is 5.95 Å². The molecule has 1 heterocycles. The average molecular weight is 287 g/mol. The minimum Gasteiger partial charge on any atom is -0.439 e. The molecule has 106 valence electrons. The normalized spacial score (nSPS) is 11.2. The predicted octanol–water partition coefficient (Wildman–Crippen LogP) is 3.47. The molecule has 0 radical (unpaired) electrons. The molecular formula is C12H9F4N3O. The van der Waals surface area contributed by atoms with E-state index in [0.29, 0.717) is 6.07 Å². The number of aromatic nitrogens is 2. The summed E-state index contributed by atoms with van der Waals surface area (Å²) in [4.78, 5) is 7.00. The smallest absolute Gasteiger partial charge is 0.433 e. The lowest BCUT2D eigenvalue weighted by molar-refractivity contribution is -0.141. The fourth-order valence-corrected chi connectivity index (χ4v) is 1.39. The van der Waals surface area contributed by atoms with Gasteiger partial charge >= 0.3 is 6.18 Å². The molecule has 0 unspecified atom stereocenters. The van der Waals surface area contributed by atoms with Gasteiger partial charge in [0.25, 0.3) is 0 Å². The van der Waals surface area contributed by atoms with Crippen LogP contribution in [0.2, 0.25) is 0 Å². The maximum absolute atomic E-state index is 13.0. The van der Waals surface area contributed by atoms with Gasteiger partial charge in [0.1, 0.15) is 11.6 Å². The van der Waals surface area contributed by atoms with Crippen LogP contribution in [0.5, 0.6) is 11.6 Å². The lowest BCUT2D eigenvalue weighted by atomic mass is 10.3. The Morgan fingerprint density at radius 3 is 2.50 bits per heavy atom. The Morgan fingerprint density at radius 2 is 1.90 bits per heavy atom. The van der Waals surface area contributed by atoms with Gasteiger partial charge in [-0.25, -0.2) is 9.37 Å². The zero-order valence-corrected chi connectivity index (χ0v) is 10.2. The Balaban J connectivity index is 2.36. The van der Waals surface area contributed by atoms with Crippen molar-refractivity contribution < 1.29 is 22.3 Å². The molecule has 0 aliphatic heterocycles. The fraction of sp³-hybridized carbons (Fsp3) is 0.167. The third-order valence-electron chi connectivity index (χ3n) is 2.24. The van der Waals surface area contributed by atoms with Gasteiger partial charge in [-0.3, -0.25) is 0 Å². The second-order valence-corrected chi connectivity index (χ2v) is 3.72. The van der Waals surface area contributed by atoms with Crippen molar-refractivity contribution in [1.29, 1.82) is 0 Å². The number of nitrogens with zero attached hydrogens (tertiary/aromatic N) is 2. The second-order valence-electron chi connectivity index (χ2n) is 3.72. The Labute approximate surface area is 111 Å². The Hall–Kier alpha value is -2.38. The third kappa shape index (κ3) is 3.34. The fourth-order valence-electron chi connectivity index (χ4n) is 1.39. The highest BCUT2D eigenvalue weighted by atomic mass is 19.4. The number of rotatable bonds is 3. The van der Waals surface area contributed by atoms with Crippen LogP contribution in [0.25, 0.3) is 0 Å². The maximum Gasteiger partial charge on any atom is 0.433 e. The largest absolute Gasteiger partial charge is 0.439 e. The number of halogens is 4. The average Bonchev–Trinajstić information content (AvgIpc) is 2.37. The van der Waals surface area contributed by atoms with Crippen molar-refractivity contribution in [3.63, 3.8) is 0 Å². The van der Waals surface area contributed by atoms with E-state index >= 15 is 0 Å². The number of nitrogens with one attached hydrogen (secondary N) is 1. The van der Waals surface area contributed by atoms with Gasteiger partial charge in [0.05, 0.1) is 0 Å². The van der Waals surface area contributed by atoms with E-state index in [0.717, 1.165) is 6.07 Å². The van der Waals surface area contributed by atoms with Gasteiger partial charge in [0, 0.05) is 19.2 Å². The molecule has 1 aromatic heterocycles. The summed E-state index contributed by atoms with van der Waals surface area (Å²) >= 11 is 0. The summed E-state index contributed by atoms with van der Waals surface area (Å²) in [6, 6.07) is 5.64. The van der Waals surface area contributed by atoms with Crippen molar-refractivity contribution in [3.05, 3.63) is 41.8 Å². The van der Waals surface area contributed by atoms with Gasteiger partial charge in [-0.15, -0.1) is 0 Å². The first-order valence-corrected chi connectivity index (χ1v) is 5.46. The van der Waals surface area contributed by atoms with E-state index in [4.69, 9.17) is 4.74 Å². The van der Waals surface area contributed by atoms with Gasteiger partial charge in [0.2, 0.25) is 11.8 Å². The van der Waals surface area contributed by atoms with Crippen LogP contribution in [0.15, 0.2) is 30.3 Å². The molecule has 0 saturated carbocycles. The van der Waals surface area contributed by atoms with Crippen molar-refractivity contribution in [2.45, 2.75) is 6.18 Å². The van der Waals surface area contributed by atoms with E-state index in [1.165, 1.54) is 25.2 Å². The molecule has 0 saturated heterocycles. The zero-order chi connectivity index (χ0) is 14.8. The standard InChI is InChI=1S/C12H9F4N3O/c1-17-11-18-9(12(14,15)16)6-10(19-11)20-8-4-2-3-7(13)5-8/h2-6H,1H3,(H,17,18,19). The minimum absolute atomic E-state index is 0.0406. The van der Waals surface area contributed by atoms with Crippen LogP contribution in [0.3, 0.4) is 0 Å². The molecular weight excluding hydrogens is 278 g/mol. The first-order chi connectivity index (χ1) is 9.38. The Bertz CT molecular complexity index is 616. The quantitative estimate of drug-likeness (QED) is 0.878. The minimum atomic E-state index is -4.63. The number of anilines is 1. The highest BCUT2D eigenvalue weighted by Crippen LogP contribution is 2.31. The molecule has 1 N–H and O–H groups in total. The molecule has 4 nitrogen and oxygen atoms in total. The van der Waals surface area contributed by atoms with E-state index in [1.54, 1.807) is 0 Å². The molecule has 8 heteroatoms. The van der Waals surface area contributed by atoms with E-state index in [9.17, 15) is 17.6 Å². The molecule has 0 aliphatic rings. The van der Waals surface area contributed by atoms with E-state index in [-0.39, 0.29) is 17.6 Å². The molecule has 0 bridgehead atoms. The van der Waals surface area contributed by atoms with Gasteiger partial charge in [0.15, 0.2) is 5.69 Å². The summed E-state index contributed by atoms with van der Waals surface area (Å²) < 4.78 is 56.0. The van der Waals surface area contributed by atoms with E-state index in [1.807, 2.05) is 0 Å². The highest BCUT2D eigenvalue weighted by molar-refractivity contribution is 5.34. The van der Waals surface area contributed by atoms with Crippen LogP contribution in [-0.2, 0) is 6.18 Å². The van der Waals surface area contributed by atoms with Crippen LogP contribution in [0, 0.1) is 5.82 Å². The van der Waals surface area contributed by atoms with Crippen molar-refractivity contribution in [2.75, 3.05) is 12.4 Å². The summed E-state index contributed by atoms with van der Waals surface area (Å²) in [5, 5.41) is 2.40. The SMILES string of the molecule is CNc1nc(Oc2cccc(F)c2)cc(C(F)(F)F)n1. The van der Waals surface area contributed by atoms with E-state index in [2.05, 4.69) is 15.3 Å². The summed E-state index contributed by atoms with van der Waals surface area (Å²) in [6.45, 7) is 0. The van der Waals surface area contributed by atoms with Crippen molar-refractivity contribution in [3.8, 4) is 11.6 Å². The van der Waals surface area contributed by atoms with Gasteiger partial charge in [-0.05, 0) is 12.1 Å². The molecule has 20 heavy (non-hydrogen) atoms. The maximum atomic E-state index is 13.0. The Kier molecular flexibility index (Phi) is 3.73. The van der Waals surface area contributed by atoms with Gasteiger partial charge < -0.3 is 10.1 Å². The number of ether oxygens (including phenoxy) is 1. The lowest BCUT2D eigenvalue weighted by Gasteiger charge is -2.10. The molecule has 0 spiro atoms. The first kappa shape index (κ1) is 14.0. The second kappa shape index (κ2) is 5.32. The summed E-state index contributed by atoms with van der Waals surface area (Å²) in [7, 11) is 1.38. The summed E-state index contributed by atoms with van der Waals surface area (Å²) in [5.74, 6) is -1.10. The first-order valence-electron chi connectivity index (χ1n) is 5.46. The van der Waals surface area contributed by atoms with Crippen molar-refractivity contribution in [2.24, 2.45) is 0 Å². The summed E-state index contributed by atoms with van der Waals surface area (Å²) in [6.07, 6.45) is -4.63. The van der Waals surface area contributed by atoms with Crippen LogP contribution in [-0.4, -0.2) is 17.0 Å². The number of benzene rings is 1. The molecule has 1 aromatic carbocycles. The third-order valence-corrected chi connectivity index (χ3v) is 2.24. The highest BCUT2D eigenvalue weighted by Gasteiger charge is 2.34. The van der Waals surface area contributed by atoms with E-state index < -0.39 is 17.7 Å². The van der Waals surface area contributed by atoms with Crippen molar-refractivity contribution in [1.82, 2.24) is 9.97 Å². The van der Waals surface area contributed by atoms with Gasteiger partial charge in [-0.2, -0.15) is 18.2 Å². The molecule has 2 rings (SSSR count). The monoisotopic (exact) mass is 287 g/mol. The molecule has 2 aromatic rings. The van der Waals surface area contributed by atoms with Gasteiger partial charge in [-0.1, -0.05) is 6.07 Å². The molecule has 0 atom stereocenters. The zero-order valence-electron chi connectivity index (χ0n) is 10.2. The number of alkyl halides is 3. The number of hydrogen-bond donors (Lipinski definition) is 1. The lowest BCUT2D eigenvalue weighted by Crippen LogP contribution is -2.11.